The van der Waals surface area contributed by atoms with Gasteiger partial charge in [-0.2, -0.15) is 0 Å². The van der Waals surface area contributed by atoms with Crippen molar-refractivity contribution in [2.24, 2.45) is 0 Å². The van der Waals surface area contributed by atoms with E-state index >= 15 is 0 Å². The number of nitrogens with one attached hydrogen (secondary N) is 1. The van der Waals surface area contributed by atoms with Crippen molar-refractivity contribution in [1.29, 1.82) is 0 Å². The standard InChI is InChI=1S/C16H17BrClNO2/c1-19-9-12-7-14(18)8-15(20-2)16(12)21-10-11-3-5-13(17)6-4-11/h3-8,19H,9-10H2,1-2H3. The molecule has 5 heteroatoms. The zero-order valence-corrected chi connectivity index (χ0v) is 14.3. The van der Waals surface area contributed by atoms with Gasteiger partial charge in [0.2, 0.25) is 0 Å². The van der Waals surface area contributed by atoms with Crippen LogP contribution in [0.5, 0.6) is 11.5 Å². The average molecular weight is 371 g/mol. The molecule has 1 N–H and O–H groups in total. The van der Waals surface area contributed by atoms with Crippen molar-refractivity contribution in [2.45, 2.75) is 13.2 Å². The first-order valence-electron chi connectivity index (χ1n) is 6.52. The smallest absolute Gasteiger partial charge is 0.166 e. The van der Waals surface area contributed by atoms with E-state index in [1.54, 1.807) is 13.2 Å². The maximum absolute atomic E-state index is 6.10. The molecule has 2 aromatic rings. The van der Waals surface area contributed by atoms with E-state index in [9.17, 15) is 0 Å². The Morgan fingerprint density at radius 1 is 1.19 bits per heavy atom. The Labute approximate surface area is 138 Å². The van der Waals surface area contributed by atoms with Gasteiger partial charge in [0.15, 0.2) is 11.5 Å². The van der Waals surface area contributed by atoms with E-state index in [0.717, 1.165) is 21.3 Å². The van der Waals surface area contributed by atoms with Crippen LogP contribution in [0.3, 0.4) is 0 Å². The predicted octanol–water partition coefficient (Wildman–Crippen LogP) is 4.41. The van der Waals surface area contributed by atoms with Gasteiger partial charge in [0.25, 0.3) is 0 Å². The van der Waals surface area contributed by atoms with Crippen molar-refractivity contribution in [3.8, 4) is 11.5 Å². The van der Waals surface area contributed by atoms with Gasteiger partial charge < -0.3 is 14.8 Å². The molecule has 3 nitrogen and oxygen atoms in total. The molecule has 0 unspecified atom stereocenters. The van der Waals surface area contributed by atoms with Crippen molar-refractivity contribution in [3.63, 3.8) is 0 Å². The molecule has 0 saturated carbocycles. The highest BCUT2D eigenvalue weighted by molar-refractivity contribution is 9.10. The second-order valence-corrected chi connectivity index (χ2v) is 5.89. The van der Waals surface area contributed by atoms with Crippen LogP contribution in [0, 0.1) is 0 Å². The van der Waals surface area contributed by atoms with Crippen molar-refractivity contribution in [2.75, 3.05) is 14.2 Å². The van der Waals surface area contributed by atoms with E-state index in [0.29, 0.717) is 23.9 Å². The molecular formula is C16H17BrClNO2. The number of benzene rings is 2. The molecule has 0 aliphatic rings. The molecule has 0 radical (unpaired) electrons. The summed E-state index contributed by atoms with van der Waals surface area (Å²) in [4.78, 5) is 0. The highest BCUT2D eigenvalue weighted by Crippen LogP contribution is 2.35. The Bertz CT molecular complexity index is 602. The number of hydrogen-bond donors (Lipinski definition) is 1. The summed E-state index contributed by atoms with van der Waals surface area (Å²) in [5, 5.41) is 3.74. The first kappa shape index (κ1) is 16.1. The Hall–Kier alpha value is -1.23. The lowest BCUT2D eigenvalue weighted by Gasteiger charge is -2.16. The molecule has 0 atom stereocenters. The summed E-state index contributed by atoms with van der Waals surface area (Å²) in [5.41, 5.74) is 2.06. The van der Waals surface area contributed by atoms with Crippen LogP contribution < -0.4 is 14.8 Å². The number of halogens is 2. The van der Waals surface area contributed by atoms with E-state index in [1.165, 1.54) is 0 Å². The zero-order valence-electron chi connectivity index (χ0n) is 12.0. The molecule has 0 fully saturated rings. The van der Waals surface area contributed by atoms with E-state index in [1.807, 2.05) is 37.4 Å². The monoisotopic (exact) mass is 369 g/mol. The lowest BCUT2D eigenvalue weighted by molar-refractivity contribution is 0.281. The molecule has 0 heterocycles. The van der Waals surface area contributed by atoms with Crippen LogP contribution in [-0.2, 0) is 13.2 Å². The van der Waals surface area contributed by atoms with Crippen LogP contribution in [-0.4, -0.2) is 14.2 Å². The number of rotatable bonds is 6. The molecule has 0 aliphatic carbocycles. The molecule has 0 bridgehead atoms. The third-order valence-electron chi connectivity index (χ3n) is 2.98. The van der Waals surface area contributed by atoms with Gasteiger partial charge in [0.05, 0.1) is 7.11 Å². The Morgan fingerprint density at radius 3 is 2.52 bits per heavy atom. The minimum Gasteiger partial charge on any atom is -0.493 e. The zero-order chi connectivity index (χ0) is 15.2. The molecule has 2 aromatic carbocycles. The molecular weight excluding hydrogens is 354 g/mol. The van der Waals surface area contributed by atoms with E-state index in [-0.39, 0.29) is 0 Å². The molecule has 112 valence electrons. The maximum atomic E-state index is 6.10. The maximum Gasteiger partial charge on any atom is 0.166 e. The Balaban J connectivity index is 2.22. The van der Waals surface area contributed by atoms with Gasteiger partial charge in [0.1, 0.15) is 6.61 Å². The van der Waals surface area contributed by atoms with Crippen molar-refractivity contribution in [3.05, 3.63) is 57.0 Å². The van der Waals surface area contributed by atoms with Crippen LogP contribution in [0.25, 0.3) is 0 Å². The molecule has 2 rings (SSSR count). The molecule has 0 aliphatic heterocycles. The lowest BCUT2D eigenvalue weighted by Crippen LogP contribution is -2.08. The number of hydrogen-bond acceptors (Lipinski definition) is 3. The lowest BCUT2D eigenvalue weighted by atomic mass is 10.1. The van der Waals surface area contributed by atoms with Crippen LogP contribution >= 0.6 is 27.5 Å². The molecule has 0 amide bonds. The highest BCUT2D eigenvalue weighted by atomic mass is 79.9. The highest BCUT2D eigenvalue weighted by Gasteiger charge is 2.12. The fraction of sp³-hybridized carbons (Fsp3) is 0.250. The molecule has 0 saturated heterocycles. The van der Waals surface area contributed by atoms with Gasteiger partial charge in [0, 0.05) is 27.7 Å². The Kier molecular flexibility index (Phi) is 5.91. The Morgan fingerprint density at radius 2 is 1.90 bits per heavy atom. The molecule has 21 heavy (non-hydrogen) atoms. The fourth-order valence-electron chi connectivity index (χ4n) is 2.00. The van der Waals surface area contributed by atoms with Crippen molar-refractivity contribution < 1.29 is 9.47 Å². The summed E-state index contributed by atoms with van der Waals surface area (Å²) >= 11 is 9.52. The SMILES string of the molecule is CNCc1cc(Cl)cc(OC)c1OCc1ccc(Br)cc1. The number of methoxy groups -OCH3 is 1. The first-order chi connectivity index (χ1) is 10.1. The van der Waals surface area contributed by atoms with Crippen LogP contribution in [0.4, 0.5) is 0 Å². The topological polar surface area (TPSA) is 30.5 Å². The van der Waals surface area contributed by atoms with Crippen LogP contribution in [0.1, 0.15) is 11.1 Å². The van der Waals surface area contributed by atoms with Crippen molar-refractivity contribution >= 4 is 27.5 Å². The fourth-order valence-corrected chi connectivity index (χ4v) is 2.49. The summed E-state index contributed by atoms with van der Waals surface area (Å²) < 4.78 is 12.4. The minimum absolute atomic E-state index is 0.474. The normalized spacial score (nSPS) is 10.5. The van der Waals surface area contributed by atoms with Gasteiger partial charge in [-0.05, 0) is 30.8 Å². The van der Waals surface area contributed by atoms with Gasteiger partial charge in [-0.3, -0.25) is 0 Å². The summed E-state index contributed by atoms with van der Waals surface area (Å²) in [6, 6.07) is 11.7. The second kappa shape index (κ2) is 7.69. The summed E-state index contributed by atoms with van der Waals surface area (Å²) in [6.07, 6.45) is 0. The van der Waals surface area contributed by atoms with E-state index < -0.39 is 0 Å². The molecule has 0 aromatic heterocycles. The number of ether oxygens (including phenoxy) is 2. The predicted molar refractivity (Wildman–Crippen MR) is 89.2 cm³/mol. The van der Waals surface area contributed by atoms with Gasteiger partial charge in [-0.15, -0.1) is 0 Å². The van der Waals surface area contributed by atoms with Gasteiger partial charge in [-0.25, -0.2) is 0 Å². The third-order valence-corrected chi connectivity index (χ3v) is 3.73. The molecule has 0 spiro atoms. The summed E-state index contributed by atoms with van der Waals surface area (Å²) in [5.74, 6) is 1.36. The third kappa shape index (κ3) is 4.37. The average Bonchev–Trinajstić information content (AvgIpc) is 2.47. The van der Waals surface area contributed by atoms with E-state index in [2.05, 4.69) is 21.2 Å². The minimum atomic E-state index is 0.474. The second-order valence-electron chi connectivity index (χ2n) is 4.54. The summed E-state index contributed by atoms with van der Waals surface area (Å²) in [6.45, 7) is 1.13. The van der Waals surface area contributed by atoms with E-state index in [4.69, 9.17) is 21.1 Å². The largest absolute Gasteiger partial charge is 0.493 e. The van der Waals surface area contributed by atoms with Gasteiger partial charge >= 0.3 is 0 Å². The first-order valence-corrected chi connectivity index (χ1v) is 7.69. The van der Waals surface area contributed by atoms with Crippen molar-refractivity contribution in [1.82, 2.24) is 5.32 Å². The van der Waals surface area contributed by atoms with Crippen LogP contribution in [0.15, 0.2) is 40.9 Å². The van der Waals surface area contributed by atoms with Crippen LogP contribution in [0.2, 0.25) is 5.02 Å². The quantitative estimate of drug-likeness (QED) is 0.817. The summed E-state index contributed by atoms with van der Waals surface area (Å²) in [7, 11) is 3.49. The van der Waals surface area contributed by atoms with Gasteiger partial charge in [-0.1, -0.05) is 39.7 Å².